The molecule has 0 spiro atoms. The fourth-order valence-corrected chi connectivity index (χ4v) is 2.70. The third-order valence-electron chi connectivity index (χ3n) is 3.99. The van der Waals surface area contributed by atoms with E-state index in [0.717, 1.165) is 34.8 Å². The Morgan fingerprint density at radius 3 is 2.83 bits per heavy atom. The van der Waals surface area contributed by atoms with E-state index in [0.29, 0.717) is 18.8 Å². The molecule has 0 aliphatic heterocycles. The van der Waals surface area contributed by atoms with Gasteiger partial charge in [0.25, 0.3) is 0 Å². The molecule has 2 heterocycles. The highest BCUT2D eigenvalue weighted by atomic mass is 16.1. The summed E-state index contributed by atoms with van der Waals surface area (Å²) in [6.45, 7) is 6.87. The zero-order valence-electron chi connectivity index (χ0n) is 13.9. The smallest absolute Gasteiger partial charge is 0.225 e. The normalized spacial score (nSPS) is 11.3. The third kappa shape index (κ3) is 3.04. The van der Waals surface area contributed by atoms with Gasteiger partial charge in [-0.2, -0.15) is 5.10 Å². The average Bonchev–Trinajstić information content (AvgIpc) is 2.87. The molecule has 3 aromatic rings. The van der Waals surface area contributed by atoms with Gasteiger partial charge in [0.15, 0.2) is 11.5 Å². The first-order valence-corrected chi connectivity index (χ1v) is 8.20. The maximum atomic E-state index is 12.0. The third-order valence-corrected chi connectivity index (χ3v) is 3.99. The van der Waals surface area contributed by atoms with Crippen LogP contribution in [0, 0.1) is 6.92 Å². The highest BCUT2D eigenvalue weighted by Crippen LogP contribution is 2.26. The SMILES string of the molecule is CCCCC(=O)Nc1nn(CC)c2nc3cc(C)ccc3cc12. The number of benzene rings is 1. The van der Waals surface area contributed by atoms with Crippen LogP contribution in [0.4, 0.5) is 5.82 Å². The van der Waals surface area contributed by atoms with Gasteiger partial charge in [-0.1, -0.05) is 25.5 Å². The Labute approximate surface area is 135 Å². The molecule has 0 aliphatic rings. The van der Waals surface area contributed by atoms with Crippen LogP contribution in [-0.4, -0.2) is 20.7 Å². The Hall–Kier alpha value is -2.43. The molecule has 3 rings (SSSR count). The second-order valence-electron chi connectivity index (χ2n) is 5.87. The number of hydrogen-bond donors (Lipinski definition) is 1. The van der Waals surface area contributed by atoms with Gasteiger partial charge in [-0.3, -0.25) is 4.79 Å². The van der Waals surface area contributed by atoms with Crippen molar-refractivity contribution in [3.8, 4) is 0 Å². The lowest BCUT2D eigenvalue weighted by Gasteiger charge is -2.03. The van der Waals surface area contributed by atoms with E-state index >= 15 is 0 Å². The summed E-state index contributed by atoms with van der Waals surface area (Å²) in [5, 5.41) is 9.42. The van der Waals surface area contributed by atoms with Crippen molar-refractivity contribution in [2.24, 2.45) is 0 Å². The minimum atomic E-state index is 0.0125. The zero-order valence-corrected chi connectivity index (χ0v) is 13.9. The molecule has 0 saturated heterocycles. The number of fused-ring (bicyclic) bond motifs is 2. The van der Waals surface area contributed by atoms with E-state index < -0.39 is 0 Å². The minimum absolute atomic E-state index is 0.0125. The molecule has 0 unspecified atom stereocenters. The predicted molar refractivity (Wildman–Crippen MR) is 93.6 cm³/mol. The van der Waals surface area contributed by atoms with Crippen molar-refractivity contribution in [2.75, 3.05) is 5.32 Å². The van der Waals surface area contributed by atoms with Crippen molar-refractivity contribution < 1.29 is 4.79 Å². The lowest BCUT2D eigenvalue weighted by molar-refractivity contribution is -0.116. The van der Waals surface area contributed by atoms with Gasteiger partial charge in [0.2, 0.25) is 5.91 Å². The number of carbonyl (C=O) groups excluding carboxylic acids is 1. The van der Waals surface area contributed by atoms with Crippen LogP contribution in [0.5, 0.6) is 0 Å². The summed E-state index contributed by atoms with van der Waals surface area (Å²) < 4.78 is 1.84. The molecule has 0 radical (unpaired) electrons. The Bertz CT molecular complexity index is 866. The summed E-state index contributed by atoms with van der Waals surface area (Å²) in [4.78, 5) is 16.8. The molecule has 0 bridgehead atoms. The summed E-state index contributed by atoms with van der Waals surface area (Å²) in [7, 11) is 0. The maximum absolute atomic E-state index is 12.0. The van der Waals surface area contributed by atoms with E-state index in [1.807, 2.05) is 11.6 Å². The summed E-state index contributed by atoms with van der Waals surface area (Å²) in [5.74, 6) is 0.622. The lowest BCUT2D eigenvalue weighted by atomic mass is 10.1. The number of carbonyl (C=O) groups is 1. The predicted octanol–water partition coefficient (Wildman–Crippen LogP) is 4.04. The number of nitrogens with zero attached hydrogens (tertiary/aromatic N) is 3. The molecular weight excluding hydrogens is 288 g/mol. The Kier molecular flexibility index (Phi) is 4.28. The number of unbranched alkanes of at least 4 members (excludes halogenated alkanes) is 1. The quantitative estimate of drug-likeness (QED) is 0.773. The Morgan fingerprint density at radius 2 is 2.09 bits per heavy atom. The first-order chi connectivity index (χ1) is 11.1. The van der Waals surface area contributed by atoms with Crippen LogP contribution in [0.2, 0.25) is 0 Å². The number of anilines is 1. The number of aryl methyl sites for hydroxylation is 2. The van der Waals surface area contributed by atoms with E-state index in [2.05, 4.69) is 48.5 Å². The second kappa shape index (κ2) is 6.36. The fourth-order valence-electron chi connectivity index (χ4n) is 2.70. The maximum Gasteiger partial charge on any atom is 0.225 e. The molecule has 5 heteroatoms. The number of pyridine rings is 1. The highest BCUT2D eigenvalue weighted by Gasteiger charge is 2.14. The largest absolute Gasteiger partial charge is 0.309 e. The van der Waals surface area contributed by atoms with Crippen LogP contribution in [0.3, 0.4) is 0 Å². The molecule has 5 nitrogen and oxygen atoms in total. The van der Waals surface area contributed by atoms with Crippen LogP contribution in [0.1, 0.15) is 38.7 Å². The van der Waals surface area contributed by atoms with Crippen molar-refractivity contribution >= 4 is 33.7 Å². The standard InChI is InChI=1S/C18H22N4O/c1-4-6-7-16(23)20-17-14-11-13-9-8-12(3)10-15(13)19-18(14)22(5-2)21-17/h8-11H,4-7H2,1-3H3,(H,20,21,23). The molecule has 1 N–H and O–H groups in total. The van der Waals surface area contributed by atoms with Crippen molar-refractivity contribution in [3.05, 3.63) is 29.8 Å². The summed E-state index contributed by atoms with van der Waals surface area (Å²) >= 11 is 0. The number of nitrogens with one attached hydrogen (secondary N) is 1. The molecule has 0 fully saturated rings. The molecule has 0 aliphatic carbocycles. The summed E-state index contributed by atoms with van der Waals surface area (Å²) in [6, 6.07) is 8.26. The fraction of sp³-hybridized carbons (Fsp3) is 0.389. The van der Waals surface area contributed by atoms with Gasteiger partial charge in [-0.05, 0) is 38.0 Å². The summed E-state index contributed by atoms with van der Waals surface area (Å²) in [5.41, 5.74) is 2.95. The van der Waals surface area contributed by atoms with Gasteiger partial charge in [0.1, 0.15) is 0 Å². The number of hydrogen-bond acceptors (Lipinski definition) is 3. The number of aromatic nitrogens is 3. The van der Waals surface area contributed by atoms with Crippen LogP contribution >= 0.6 is 0 Å². The highest BCUT2D eigenvalue weighted by molar-refractivity contribution is 6.02. The molecule has 0 atom stereocenters. The van der Waals surface area contributed by atoms with Crippen LogP contribution in [0.15, 0.2) is 24.3 Å². The topological polar surface area (TPSA) is 59.8 Å². The second-order valence-corrected chi connectivity index (χ2v) is 5.87. The first kappa shape index (κ1) is 15.5. The van der Waals surface area contributed by atoms with Crippen LogP contribution in [-0.2, 0) is 11.3 Å². The van der Waals surface area contributed by atoms with E-state index in [9.17, 15) is 4.79 Å². The monoisotopic (exact) mass is 310 g/mol. The van der Waals surface area contributed by atoms with Gasteiger partial charge in [0, 0.05) is 18.4 Å². The van der Waals surface area contributed by atoms with Crippen molar-refractivity contribution in [1.82, 2.24) is 14.8 Å². The molecule has 2 aromatic heterocycles. The van der Waals surface area contributed by atoms with Crippen molar-refractivity contribution in [3.63, 3.8) is 0 Å². The molecule has 1 amide bonds. The molecule has 120 valence electrons. The van der Waals surface area contributed by atoms with E-state index in [-0.39, 0.29) is 5.91 Å². The summed E-state index contributed by atoms with van der Waals surface area (Å²) in [6.07, 6.45) is 2.42. The van der Waals surface area contributed by atoms with Gasteiger partial charge in [-0.25, -0.2) is 9.67 Å². The zero-order chi connectivity index (χ0) is 16.4. The van der Waals surface area contributed by atoms with Gasteiger partial charge in [0.05, 0.1) is 10.9 Å². The van der Waals surface area contributed by atoms with Gasteiger partial charge < -0.3 is 5.32 Å². The Balaban J connectivity index is 2.08. The van der Waals surface area contributed by atoms with Gasteiger partial charge >= 0.3 is 0 Å². The van der Waals surface area contributed by atoms with Crippen LogP contribution < -0.4 is 5.32 Å². The van der Waals surface area contributed by atoms with Crippen molar-refractivity contribution in [2.45, 2.75) is 46.6 Å². The van der Waals surface area contributed by atoms with E-state index in [1.54, 1.807) is 0 Å². The lowest BCUT2D eigenvalue weighted by Crippen LogP contribution is -2.12. The van der Waals surface area contributed by atoms with Crippen molar-refractivity contribution in [1.29, 1.82) is 0 Å². The molecule has 0 saturated carbocycles. The van der Waals surface area contributed by atoms with Crippen LogP contribution in [0.25, 0.3) is 21.9 Å². The van der Waals surface area contributed by atoms with Gasteiger partial charge in [-0.15, -0.1) is 0 Å². The number of rotatable bonds is 5. The molecule has 1 aromatic carbocycles. The minimum Gasteiger partial charge on any atom is -0.309 e. The van der Waals surface area contributed by atoms with E-state index in [4.69, 9.17) is 4.98 Å². The average molecular weight is 310 g/mol. The first-order valence-electron chi connectivity index (χ1n) is 8.20. The number of amides is 1. The molecule has 23 heavy (non-hydrogen) atoms. The van der Waals surface area contributed by atoms with E-state index in [1.165, 1.54) is 5.56 Å². The molecular formula is C18H22N4O. The Morgan fingerprint density at radius 1 is 1.26 bits per heavy atom.